The first kappa shape index (κ1) is 29.7. The maximum Gasteiger partial charge on any atom is 0.0908 e. The van der Waals surface area contributed by atoms with Crippen LogP contribution in [0, 0.1) is 0 Å². The number of β-amino-alcohol motifs (C(OH)–C–C–N with tert-alkyl or cyclic N) is 4. The van der Waals surface area contributed by atoms with Gasteiger partial charge in [0.1, 0.15) is 0 Å². The molecule has 0 aliphatic rings. The average Bonchev–Trinajstić information content (AvgIpc) is 2.72. The van der Waals surface area contributed by atoms with Crippen molar-refractivity contribution in [3.05, 3.63) is 0 Å². The first-order valence-electron chi connectivity index (χ1n) is 9.00. The molecule has 0 saturated carbocycles. The molecule has 0 fully saturated rings. The lowest BCUT2D eigenvalue weighted by Crippen LogP contribution is -2.58. The van der Waals surface area contributed by atoms with Crippen LogP contribution in [0.5, 0.6) is 0 Å². The molecule has 0 spiro atoms. The molecule has 0 heterocycles. The summed E-state index contributed by atoms with van der Waals surface area (Å²) < 4.78 is 0. The van der Waals surface area contributed by atoms with Crippen LogP contribution in [0.2, 0.25) is 0 Å². The zero-order valence-corrected chi connectivity index (χ0v) is 16.3. The van der Waals surface area contributed by atoms with Crippen molar-refractivity contribution in [3.8, 4) is 0 Å². The van der Waals surface area contributed by atoms with Crippen molar-refractivity contribution >= 4 is 0 Å². The summed E-state index contributed by atoms with van der Waals surface area (Å²) in [6.07, 6.45) is 0. The summed E-state index contributed by atoms with van der Waals surface area (Å²) in [5.74, 6) is 0. The molecule has 0 bridgehead atoms. The quantitative estimate of drug-likeness (QED) is 0.114. The Hall–Kier alpha value is -0.480. The van der Waals surface area contributed by atoms with Crippen LogP contribution >= 0.6 is 0 Å². The molecule has 12 heteroatoms. The van der Waals surface area contributed by atoms with Gasteiger partial charge in [0.25, 0.3) is 0 Å². The van der Waals surface area contributed by atoms with Crippen LogP contribution in [0.3, 0.4) is 0 Å². The van der Waals surface area contributed by atoms with Gasteiger partial charge in [-0.1, -0.05) is 0 Å². The fourth-order valence-electron chi connectivity index (χ4n) is 2.56. The molecule has 172 valence electrons. The van der Waals surface area contributed by atoms with Gasteiger partial charge < -0.3 is 51.1 Å². The summed E-state index contributed by atoms with van der Waals surface area (Å²) in [6, 6.07) is 0. The van der Waals surface area contributed by atoms with E-state index >= 15 is 0 Å². The maximum atomic E-state index is 9.08. The van der Waals surface area contributed by atoms with Crippen LogP contribution in [0.1, 0.15) is 0 Å². The topological polar surface area (TPSA) is 209 Å². The minimum absolute atomic E-state index is 0.165. The van der Waals surface area contributed by atoms with E-state index in [9.17, 15) is 0 Å². The second-order valence-electron chi connectivity index (χ2n) is 6.27. The Morgan fingerprint density at radius 2 is 0.536 bits per heavy atom. The molecule has 28 heavy (non-hydrogen) atoms. The number of rotatable bonds is 16. The number of aliphatic hydroxyl groups is 10. The van der Waals surface area contributed by atoms with Crippen LogP contribution in [-0.4, -0.2) is 164 Å². The normalized spacial score (nSPS) is 12.4. The molecule has 12 nitrogen and oxygen atoms in total. The molecule has 0 saturated heterocycles. The number of hydrogen-bond acceptors (Lipinski definition) is 12. The van der Waals surface area contributed by atoms with E-state index in [1.807, 2.05) is 0 Å². The molecular formula is C16H38N2O10. The minimum atomic E-state index is -1.18. The monoisotopic (exact) mass is 418 g/mol. The van der Waals surface area contributed by atoms with Gasteiger partial charge in [-0.25, -0.2) is 0 Å². The second kappa shape index (κ2) is 17.4. The van der Waals surface area contributed by atoms with Crippen molar-refractivity contribution in [2.45, 2.75) is 11.1 Å². The molecule has 0 aromatic heterocycles. The third kappa shape index (κ3) is 8.90. The summed E-state index contributed by atoms with van der Waals surface area (Å²) in [4.78, 5) is 2.93. The standard InChI is InChI=1S/2C8H19NO5/c2*10-3-1-9(2-4-11)8(5-12,6-13)7-14/h2*10-14H,1-7H2. The van der Waals surface area contributed by atoms with Crippen molar-refractivity contribution in [2.24, 2.45) is 0 Å². The Bertz CT molecular complexity index is 283. The highest BCUT2D eigenvalue weighted by atomic mass is 16.3. The summed E-state index contributed by atoms with van der Waals surface area (Å²) in [7, 11) is 0. The summed E-state index contributed by atoms with van der Waals surface area (Å²) in [5.41, 5.74) is -2.35. The highest BCUT2D eigenvalue weighted by molar-refractivity contribution is 4.90. The third-order valence-electron chi connectivity index (χ3n) is 4.59. The van der Waals surface area contributed by atoms with E-state index in [1.54, 1.807) is 0 Å². The predicted molar refractivity (Wildman–Crippen MR) is 99.5 cm³/mol. The van der Waals surface area contributed by atoms with E-state index in [0.29, 0.717) is 0 Å². The lowest BCUT2D eigenvalue weighted by atomic mass is 10.0. The Kier molecular flexibility index (Phi) is 18.5. The molecule has 0 aromatic carbocycles. The van der Waals surface area contributed by atoms with Gasteiger partial charge in [0.2, 0.25) is 0 Å². The van der Waals surface area contributed by atoms with Crippen LogP contribution < -0.4 is 0 Å². The molecule has 0 atom stereocenters. The van der Waals surface area contributed by atoms with E-state index in [4.69, 9.17) is 51.1 Å². The molecule has 0 rings (SSSR count). The van der Waals surface area contributed by atoms with Crippen LogP contribution in [-0.2, 0) is 0 Å². The van der Waals surface area contributed by atoms with Crippen molar-refractivity contribution in [1.82, 2.24) is 9.80 Å². The molecule has 0 aliphatic heterocycles. The zero-order chi connectivity index (χ0) is 22.1. The highest BCUT2D eigenvalue weighted by Crippen LogP contribution is 2.14. The second-order valence-corrected chi connectivity index (χ2v) is 6.27. The van der Waals surface area contributed by atoms with Crippen molar-refractivity contribution < 1.29 is 51.1 Å². The van der Waals surface area contributed by atoms with E-state index in [0.717, 1.165) is 0 Å². The average molecular weight is 418 g/mol. The lowest BCUT2D eigenvalue weighted by molar-refractivity contribution is -0.0581. The molecule has 0 aromatic rings. The van der Waals surface area contributed by atoms with Gasteiger partial charge in [-0.15, -0.1) is 0 Å². The molecular weight excluding hydrogens is 380 g/mol. The van der Waals surface area contributed by atoms with E-state index < -0.39 is 50.7 Å². The van der Waals surface area contributed by atoms with E-state index in [2.05, 4.69) is 0 Å². The smallest absolute Gasteiger partial charge is 0.0908 e. The number of aliphatic hydroxyl groups excluding tert-OH is 10. The number of hydrogen-bond donors (Lipinski definition) is 10. The van der Waals surface area contributed by atoms with Crippen LogP contribution in [0.25, 0.3) is 0 Å². The minimum Gasteiger partial charge on any atom is -0.395 e. The van der Waals surface area contributed by atoms with Crippen molar-refractivity contribution in [1.29, 1.82) is 0 Å². The van der Waals surface area contributed by atoms with Gasteiger partial charge in [-0.3, -0.25) is 9.80 Å². The van der Waals surface area contributed by atoms with Crippen molar-refractivity contribution in [2.75, 3.05) is 92.2 Å². The van der Waals surface area contributed by atoms with Gasteiger partial charge in [0.15, 0.2) is 0 Å². The molecule has 0 radical (unpaired) electrons. The first-order valence-corrected chi connectivity index (χ1v) is 9.00. The largest absolute Gasteiger partial charge is 0.395 e. The fraction of sp³-hybridized carbons (Fsp3) is 1.00. The molecule has 10 N–H and O–H groups in total. The van der Waals surface area contributed by atoms with E-state index in [1.165, 1.54) is 9.80 Å². The van der Waals surface area contributed by atoms with E-state index in [-0.39, 0.29) is 52.6 Å². The molecule has 0 unspecified atom stereocenters. The SMILES string of the molecule is OCCN(CCO)C(CO)(CO)CO.OCCN(CCO)C(CO)(CO)CO. The van der Waals surface area contributed by atoms with Crippen LogP contribution in [0.4, 0.5) is 0 Å². The fourth-order valence-corrected chi connectivity index (χ4v) is 2.56. The lowest BCUT2D eigenvalue weighted by Gasteiger charge is -2.39. The van der Waals surface area contributed by atoms with Gasteiger partial charge in [0, 0.05) is 26.2 Å². The maximum absolute atomic E-state index is 9.08. The Labute approximate surface area is 165 Å². The summed E-state index contributed by atoms with van der Waals surface area (Å²) >= 11 is 0. The first-order chi connectivity index (χ1) is 13.4. The van der Waals surface area contributed by atoms with Crippen LogP contribution in [0.15, 0.2) is 0 Å². The number of nitrogens with zero attached hydrogens (tertiary/aromatic N) is 2. The molecule has 0 aliphatic carbocycles. The van der Waals surface area contributed by atoms with Gasteiger partial charge >= 0.3 is 0 Å². The van der Waals surface area contributed by atoms with Gasteiger partial charge in [-0.05, 0) is 0 Å². The Morgan fingerprint density at radius 3 is 0.643 bits per heavy atom. The van der Waals surface area contributed by atoms with Crippen molar-refractivity contribution in [3.63, 3.8) is 0 Å². The summed E-state index contributed by atoms with van der Waals surface area (Å²) in [6.45, 7) is -2.51. The zero-order valence-electron chi connectivity index (χ0n) is 16.3. The Morgan fingerprint density at radius 1 is 0.357 bits per heavy atom. The highest BCUT2D eigenvalue weighted by Gasteiger charge is 2.35. The molecule has 0 amide bonds. The predicted octanol–water partition coefficient (Wildman–Crippen LogP) is -6.02. The third-order valence-corrected chi connectivity index (χ3v) is 4.59. The Balaban J connectivity index is 0. The van der Waals surface area contributed by atoms with Gasteiger partial charge in [0.05, 0.1) is 77.1 Å². The summed E-state index contributed by atoms with van der Waals surface area (Å²) in [5, 5.41) is 89.4. The van der Waals surface area contributed by atoms with Gasteiger partial charge in [-0.2, -0.15) is 0 Å².